The lowest BCUT2D eigenvalue weighted by Gasteiger charge is -2.09. The van der Waals surface area contributed by atoms with Crippen LogP contribution in [-0.4, -0.2) is 13.3 Å². The first-order chi connectivity index (χ1) is 9.83. The fourth-order valence-corrected chi connectivity index (χ4v) is 3.66. The Morgan fingerprint density at radius 3 is 2.43 bits per heavy atom. The molecule has 2 N–H and O–H groups in total. The Balaban J connectivity index is 2.45. The molecule has 2 aromatic rings. The molecule has 0 radical (unpaired) electrons. The van der Waals surface area contributed by atoms with Crippen LogP contribution in [0.2, 0.25) is 0 Å². The van der Waals surface area contributed by atoms with Crippen LogP contribution in [0.3, 0.4) is 0 Å². The van der Waals surface area contributed by atoms with Crippen molar-refractivity contribution in [2.24, 2.45) is 0 Å². The van der Waals surface area contributed by atoms with Crippen molar-refractivity contribution in [1.82, 2.24) is 0 Å². The maximum absolute atomic E-state index is 12.4. The fraction of sp³-hybridized carbons (Fsp3) is 0.143. The molecule has 0 spiro atoms. The summed E-state index contributed by atoms with van der Waals surface area (Å²) in [7, 11) is -3.66. The van der Waals surface area contributed by atoms with Crippen molar-refractivity contribution in [2.75, 3.05) is 5.73 Å². The van der Waals surface area contributed by atoms with Gasteiger partial charge in [-0.1, -0.05) is 24.3 Å². The molecule has 0 saturated carbocycles. The molecule has 0 saturated heterocycles. The van der Waals surface area contributed by atoms with Gasteiger partial charge in [-0.2, -0.15) is 0 Å². The quantitative estimate of drug-likeness (QED) is 0.531. The SMILES string of the molecule is Cc1c(CS(=O)(=O)c2ccccc2N)cccc1[N+](=O)[O-]. The van der Waals surface area contributed by atoms with Crippen molar-refractivity contribution in [3.63, 3.8) is 0 Å². The summed E-state index contributed by atoms with van der Waals surface area (Å²) in [4.78, 5) is 10.4. The van der Waals surface area contributed by atoms with Gasteiger partial charge in [0, 0.05) is 11.6 Å². The summed E-state index contributed by atoms with van der Waals surface area (Å²) in [5.41, 5.74) is 6.51. The third-order valence-electron chi connectivity index (χ3n) is 3.21. The summed E-state index contributed by atoms with van der Waals surface area (Å²) in [6.45, 7) is 1.54. The smallest absolute Gasteiger partial charge is 0.272 e. The van der Waals surface area contributed by atoms with Gasteiger partial charge in [-0.25, -0.2) is 8.42 Å². The van der Waals surface area contributed by atoms with E-state index in [0.717, 1.165) is 0 Å². The number of rotatable bonds is 4. The molecule has 0 amide bonds. The first kappa shape index (κ1) is 15.0. The van der Waals surface area contributed by atoms with E-state index in [1.54, 1.807) is 18.2 Å². The highest BCUT2D eigenvalue weighted by Gasteiger charge is 2.21. The molecule has 0 unspecified atom stereocenters. The van der Waals surface area contributed by atoms with Gasteiger partial charge in [-0.05, 0) is 24.6 Å². The zero-order valence-electron chi connectivity index (χ0n) is 11.3. The van der Waals surface area contributed by atoms with Gasteiger partial charge in [0.2, 0.25) is 0 Å². The summed E-state index contributed by atoms with van der Waals surface area (Å²) in [5.74, 6) is -0.325. The maximum atomic E-state index is 12.4. The number of nitrogens with zero attached hydrogens (tertiary/aromatic N) is 1. The van der Waals surface area contributed by atoms with E-state index in [2.05, 4.69) is 0 Å². The number of benzene rings is 2. The number of nitrogens with two attached hydrogens (primary N) is 1. The van der Waals surface area contributed by atoms with Gasteiger partial charge < -0.3 is 5.73 Å². The monoisotopic (exact) mass is 306 g/mol. The van der Waals surface area contributed by atoms with E-state index >= 15 is 0 Å². The summed E-state index contributed by atoms with van der Waals surface area (Å²) >= 11 is 0. The van der Waals surface area contributed by atoms with Gasteiger partial charge in [0.1, 0.15) is 0 Å². The van der Waals surface area contributed by atoms with Crippen LogP contribution in [0, 0.1) is 17.0 Å². The molecule has 0 aromatic heterocycles. The second-order valence-corrected chi connectivity index (χ2v) is 6.57. The van der Waals surface area contributed by atoms with E-state index in [1.807, 2.05) is 0 Å². The molecule has 0 heterocycles. The summed E-state index contributed by atoms with van der Waals surface area (Å²) < 4.78 is 24.8. The Morgan fingerprint density at radius 1 is 1.14 bits per heavy atom. The molecule has 2 aromatic carbocycles. The Labute approximate surface area is 122 Å². The summed E-state index contributed by atoms with van der Waals surface area (Å²) in [5, 5.41) is 10.9. The zero-order chi connectivity index (χ0) is 15.6. The van der Waals surface area contributed by atoms with Crippen LogP contribution < -0.4 is 5.73 Å². The Morgan fingerprint density at radius 2 is 1.81 bits per heavy atom. The van der Waals surface area contributed by atoms with Crippen LogP contribution in [0.4, 0.5) is 11.4 Å². The molecule has 2 rings (SSSR count). The van der Waals surface area contributed by atoms with Crippen molar-refractivity contribution in [1.29, 1.82) is 0 Å². The second kappa shape index (κ2) is 5.53. The fourth-order valence-electron chi connectivity index (χ4n) is 2.07. The molecule has 7 heteroatoms. The predicted molar refractivity (Wildman–Crippen MR) is 79.6 cm³/mol. The van der Waals surface area contributed by atoms with Crippen molar-refractivity contribution in [3.8, 4) is 0 Å². The van der Waals surface area contributed by atoms with E-state index in [1.165, 1.54) is 31.2 Å². The van der Waals surface area contributed by atoms with E-state index < -0.39 is 14.8 Å². The number of hydrogen-bond donors (Lipinski definition) is 1. The average Bonchev–Trinajstić information content (AvgIpc) is 2.41. The topological polar surface area (TPSA) is 103 Å². The van der Waals surface area contributed by atoms with Crippen LogP contribution in [0.25, 0.3) is 0 Å². The highest BCUT2D eigenvalue weighted by Crippen LogP contribution is 2.27. The second-order valence-electron chi connectivity index (χ2n) is 4.62. The lowest BCUT2D eigenvalue weighted by atomic mass is 10.1. The molecule has 6 nitrogen and oxygen atoms in total. The number of hydrogen-bond acceptors (Lipinski definition) is 5. The van der Waals surface area contributed by atoms with Gasteiger partial charge in [-0.15, -0.1) is 0 Å². The molecule has 21 heavy (non-hydrogen) atoms. The van der Waals surface area contributed by atoms with E-state index in [0.29, 0.717) is 11.1 Å². The van der Waals surface area contributed by atoms with Crippen LogP contribution in [-0.2, 0) is 15.6 Å². The lowest BCUT2D eigenvalue weighted by molar-refractivity contribution is -0.385. The van der Waals surface area contributed by atoms with Crippen LogP contribution >= 0.6 is 0 Å². The average molecular weight is 306 g/mol. The standard InChI is InChI=1S/C14H14N2O4S/c1-10-11(5-4-7-13(10)16(17)18)9-21(19,20)14-8-3-2-6-12(14)15/h2-8H,9,15H2,1H3. The largest absolute Gasteiger partial charge is 0.398 e. The molecule has 0 bridgehead atoms. The molecule has 0 aliphatic rings. The summed E-state index contributed by atoms with van der Waals surface area (Å²) in [6.07, 6.45) is 0. The minimum atomic E-state index is -3.66. The Hall–Kier alpha value is -2.41. The number of nitrogen functional groups attached to an aromatic ring is 1. The normalized spacial score (nSPS) is 11.3. The third-order valence-corrected chi connectivity index (χ3v) is 4.95. The maximum Gasteiger partial charge on any atom is 0.272 e. The molecular formula is C14H14N2O4S. The van der Waals surface area contributed by atoms with E-state index in [9.17, 15) is 18.5 Å². The first-order valence-electron chi connectivity index (χ1n) is 6.13. The number of nitro groups is 1. The predicted octanol–water partition coefficient (Wildman–Crippen LogP) is 2.46. The number of nitro benzene ring substituents is 1. The van der Waals surface area contributed by atoms with Crippen molar-refractivity contribution in [3.05, 3.63) is 63.7 Å². The first-order valence-corrected chi connectivity index (χ1v) is 7.78. The van der Waals surface area contributed by atoms with Gasteiger partial charge in [-0.3, -0.25) is 10.1 Å². The van der Waals surface area contributed by atoms with Crippen molar-refractivity contribution < 1.29 is 13.3 Å². The molecular weight excluding hydrogens is 292 g/mol. The highest BCUT2D eigenvalue weighted by molar-refractivity contribution is 7.90. The lowest BCUT2D eigenvalue weighted by Crippen LogP contribution is -2.09. The van der Waals surface area contributed by atoms with Crippen molar-refractivity contribution in [2.45, 2.75) is 17.6 Å². The van der Waals surface area contributed by atoms with Gasteiger partial charge >= 0.3 is 0 Å². The van der Waals surface area contributed by atoms with E-state index in [-0.39, 0.29) is 22.0 Å². The molecule has 0 aliphatic carbocycles. The van der Waals surface area contributed by atoms with Crippen LogP contribution in [0.1, 0.15) is 11.1 Å². The molecule has 0 atom stereocenters. The van der Waals surface area contributed by atoms with Crippen molar-refractivity contribution >= 4 is 21.2 Å². The number of sulfone groups is 1. The molecule has 0 aliphatic heterocycles. The number of para-hydroxylation sites is 1. The Bertz CT molecular complexity index is 800. The molecule has 110 valence electrons. The molecule has 0 fully saturated rings. The van der Waals surface area contributed by atoms with E-state index in [4.69, 9.17) is 5.73 Å². The minimum Gasteiger partial charge on any atom is -0.398 e. The Kier molecular flexibility index (Phi) is 3.95. The van der Waals surface area contributed by atoms with Gasteiger partial charge in [0.05, 0.1) is 21.3 Å². The third kappa shape index (κ3) is 3.03. The van der Waals surface area contributed by atoms with Crippen LogP contribution in [0.5, 0.6) is 0 Å². The minimum absolute atomic E-state index is 0.0379. The number of anilines is 1. The van der Waals surface area contributed by atoms with Crippen LogP contribution in [0.15, 0.2) is 47.4 Å². The summed E-state index contributed by atoms with van der Waals surface area (Å²) in [6, 6.07) is 10.6. The van der Waals surface area contributed by atoms with Gasteiger partial charge in [0.25, 0.3) is 5.69 Å². The van der Waals surface area contributed by atoms with Gasteiger partial charge in [0.15, 0.2) is 9.84 Å². The highest BCUT2D eigenvalue weighted by atomic mass is 32.2. The zero-order valence-corrected chi connectivity index (χ0v) is 12.1.